The molecule has 1 aromatic carbocycles. The Morgan fingerprint density at radius 3 is 2.45 bits per heavy atom. The van der Waals surface area contributed by atoms with Gasteiger partial charge in [0.25, 0.3) is 5.91 Å². The summed E-state index contributed by atoms with van der Waals surface area (Å²) in [6, 6.07) is 8.14. The van der Waals surface area contributed by atoms with Gasteiger partial charge in [-0.15, -0.1) is 0 Å². The largest absolute Gasteiger partial charge is 0.395 e. The molecule has 0 bridgehead atoms. The number of aliphatic hydroxyl groups excluding tert-OH is 1. The molecule has 1 aromatic rings. The lowest BCUT2D eigenvalue weighted by molar-refractivity contribution is -0.122. The number of hydrogen-bond acceptors (Lipinski definition) is 5. The van der Waals surface area contributed by atoms with Crippen molar-refractivity contribution in [3.05, 3.63) is 34.7 Å². The fourth-order valence-electron chi connectivity index (χ4n) is 2.31. The molecule has 1 aliphatic heterocycles. The molecule has 4 nitrogen and oxygen atoms in total. The standard InChI is InChI=1S/C16H20N2O2S2/c1-3-17(4-2)13-7-5-12(6-8-13)11-14-15(20)18(9-10-19)16(21)22-14/h5-8,11,19H,3-4,9-10H2,1-2H3/b14-11-. The van der Waals surface area contributed by atoms with Gasteiger partial charge >= 0.3 is 0 Å². The Balaban J connectivity index is 2.16. The molecule has 0 spiro atoms. The second-order valence-corrected chi connectivity index (χ2v) is 6.50. The van der Waals surface area contributed by atoms with Gasteiger partial charge in [-0.3, -0.25) is 9.69 Å². The highest BCUT2D eigenvalue weighted by Crippen LogP contribution is 2.32. The van der Waals surface area contributed by atoms with E-state index in [2.05, 4.69) is 30.9 Å². The number of nitrogens with zero attached hydrogens (tertiary/aromatic N) is 2. The average molecular weight is 336 g/mol. The number of aliphatic hydroxyl groups is 1. The first-order valence-corrected chi connectivity index (χ1v) is 8.54. The van der Waals surface area contributed by atoms with Crippen LogP contribution in [0.1, 0.15) is 19.4 Å². The van der Waals surface area contributed by atoms with E-state index < -0.39 is 0 Å². The summed E-state index contributed by atoms with van der Waals surface area (Å²) >= 11 is 6.46. The van der Waals surface area contributed by atoms with Gasteiger partial charge in [0.1, 0.15) is 4.32 Å². The third-order valence-corrected chi connectivity index (χ3v) is 4.89. The topological polar surface area (TPSA) is 43.8 Å². The number of carbonyl (C=O) groups is 1. The van der Waals surface area contributed by atoms with E-state index in [1.165, 1.54) is 22.3 Å². The summed E-state index contributed by atoms with van der Waals surface area (Å²) in [6.07, 6.45) is 1.85. The third-order valence-electron chi connectivity index (χ3n) is 3.52. The van der Waals surface area contributed by atoms with Gasteiger partial charge in [-0.2, -0.15) is 0 Å². The molecule has 22 heavy (non-hydrogen) atoms. The molecular weight excluding hydrogens is 316 g/mol. The molecule has 0 unspecified atom stereocenters. The fraction of sp³-hybridized carbons (Fsp3) is 0.375. The summed E-state index contributed by atoms with van der Waals surface area (Å²) in [7, 11) is 0. The summed E-state index contributed by atoms with van der Waals surface area (Å²) in [5, 5.41) is 8.98. The van der Waals surface area contributed by atoms with Crippen molar-refractivity contribution in [3.63, 3.8) is 0 Å². The lowest BCUT2D eigenvalue weighted by Crippen LogP contribution is -2.30. The number of β-amino-alcohol motifs (C(OH)–C–C–N with tert-alkyl or cyclic N) is 1. The Kier molecular flexibility index (Phi) is 5.99. The third kappa shape index (κ3) is 3.69. The van der Waals surface area contributed by atoms with E-state index >= 15 is 0 Å². The first kappa shape index (κ1) is 17.0. The Morgan fingerprint density at radius 2 is 1.91 bits per heavy atom. The van der Waals surface area contributed by atoms with Crippen LogP contribution in [0.25, 0.3) is 6.08 Å². The van der Waals surface area contributed by atoms with E-state index in [1.54, 1.807) is 0 Å². The summed E-state index contributed by atoms with van der Waals surface area (Å²) in [4.78, 5) is 16.5. The molecule has 0 saturated carbocycles. The Bertz CT molecular complexity index is 580. The van der Waals surface area contributed by atoms with E-state index in [0.29, 0.717) is 9.23 Å². The Hall–Kier alpha value is -1.37. The zero-order chi connectivity index (χ0) is 16.1. The number of thioether (sulfide) groups is 1. The van der Waals surface area contributed by atoms with Crippen LogP contribution in [0.2, 0.25) is 0 Å². The molecule has 1 fully saturated rings. The van der Waals surface area contributed by atoms with Crippen LogP contribution in [-0.4, -0.2) is 46.5 Å². The van der Waals surface area contributed by atoms with E-state index in [4.69, 9.17) is 17.3 Å². The lowest BCUT2D eigenvalue weighted by atomic mass is 10.1. The number of thiocarbonyl (C=S) groups is 1. The van der Waals surface area contributed by atoms with Crippen molar-refractivity contribution in [2.24, 2.45) is 0 Å². The van der Waals surface area contributed by atoms with Crippen molar-refractivity contribution < 1.29 is 9.90 Å². The maximum Gasteiger partial charge on any atom is 0.266 e. The molecule has 0 aromatic heterocycles. The van der Waals surface area contributed by atoms with Crippen molar-refractivity contribution in [3.8, 4) is 0 Å². The van der Waals surface area contributed by atoms with Crippen LogP contribution in [0.5, 0.6) is 0 Å². The van der Waals surface area contributed by atoms with Gasteiger partial charge in [-0.1, -0.05) is 36.1 Å². The van der Waals surface area contributed by atoms with Crippen molar-refractivity contribution in [2.75, 3.05) is 31.1 Å². The molecule has 1 amide bonds. The summed E-state index contributed by atoms with van der Waals surface area (Å²) in [5.41, 5.74) is 2.15. The monoisotopic (exact) mass is 336 g/mol. The quantitative estimate of drug-likeness (QED) is 0.639. The molecule has 1 aliphatic rings. The second kappa shape index (κ2) is 7.76. The number of benzene rings is 1. The maximum absolute atomic E-state index is 12.2. The highest BCUT2D eigenvalue weighted by Gasteiger charge is 2.31. The van der Waals surface area contributed by atoms with Crippen LogP contribution >= 0.6 is 24.0 Å². The predicted molar refractivity (Wildman–Crippen MR) is 97.0 cm³/mol. The van der Waals surface area contributed by atoms with Gasteiger partial charge in [0.15, 0.2) is 0 Å². The Morgan fingerprint density at radius 1 is 1.27 bits per heavy atom. The molecule has 2 rings (SSSR count). The van der Waals surface area contributed by atoms with Gasteiger partial charge in [0, 0.05) is 18.8 Å². The molecule has 0 radical (unpaired) electrons. The van der Waals surface area contributed by atoms with E-state index in [1.807, 2.05) is 18.2 Å². The maximum atomic E-state index is 12.2. The molecule has 1 N–H and O–H groups in total. The number of carbonyl (C=O) groups excluding carboxylic acids is 1. The molecule has 1 heterocycles. The first-order chi connectivity index (χ1) is 10.6. The smallest absolute Gasteiger partial charge is 0.266 e. The number of anilines is 1. The van der Waals surface area contributed by atoms with Gasteiger partial charge < -0.3 is 10.0 Å². The van der Waals surface area contributed by atoms with E-state index in [-0.39, 0.29) is 19.1 Å². The SMILES string of the molecule is CCN(CC)c1ccc(/C=C2\SC(=S)N(CCO)C2=O)cc1. The molecule has 1 saturated heterocycles. The minimum atomic E-state index is -0.128. The highest BCUT2D eigenvalue weighted by molar-refractivity contribution is 8.26. The number of amides is 1. The van der Waals surface area contributed by atoms with Crippen LogP contribution in [0, 0.1) is 0 Å². The number of hydrogen-bond donors (Lipinski definition) is 1. The lowest BCUT2D eigenvalue weighted by Gasteiger charge is -2.20. The molecule has 118 valence electrons. The zero-order valence-corrected chi connectivity index (χ0v) is 14.4. The van der Waals surface area contributed by atoms with Gasteiger partial charge in [0.05, 0.1) is 18.1 Å². The van der Waals surface area contributed by atoms with Crippen LogP contribution in [0.3, 0.4) is 0 Å². The average Bonchev–Trinajstić information content (AvgIpc) is 2.78. The number of rotatable bonds is 6. The summed E-state index contributed by atoms with van der Waals surface area (Å²) < 4.78 is 0.505. The van der Waals surface area contributed by atoms with E-state index in [9.17, 15) is 4.79 Å². The van der Waals surface area contributed by atoms with Crippen molar-refractivity contribution >= 4 is 46.0 Å². The molecule has 0 atom stereocenters. The normalized spacial score (nSPS) is 16.7. The summed E-state index contributed by atoms with van der Waals surface area (Å²) in [6.45, 7) is 6.36. The van der Waals surface area contributed by atoms with E-state index in [0.717, 1.165) is 18.7 Å². The fourth-order valence-corrected chi connectivity index (χ4v) is 3.62. The molecular formula is C16H20N2O2S2. The van der Waals surface area contributed by atoms with Crippen molar-refractivity contribution in [2.45, 2.75) is 13.8 Å². The zero-order valence-electron chi connectivity index (χ0n) is 12.8. The van der Waals surface area contributed by atoms with Crippen LogP contribution in [0.4, 0.5) is 5.69 Å². The molecule has 6 heteroatoms. The van der Waals surface area contributed by atoms with Crippen molar-refractivity contribution in [1.29, 1.82) is 0 Å². The molecule has 0 aliphatic carbocycles. The van der Waals surface area contributed by atoms with Crippen LogP contribution in [-0.2, 0) is 4.79 Å². The van der Waals surface area contributed by atoms with Gasteiger partial charge in [0.2, 0.25) is 0 Å². The minimum absolute atomic E-state index is 0.0850. The second-order valence-electron chi connectivity index (χ2n) is 4.82. The minimum Gasteiger partial charge on any atom is -0.395 e. The van der Waals surface area contributed by atoms with Gasteiger partial charge in [-0.05, 0) is 37.6 Å². The first-order valence-electron chi connectivity index (χ1n) is 7.32. The predicted octanol–water partition coefficient (Wildman–Crippen LogP) is 2.73. The van der Waals surface area contributed by atoms with Crippen LogP contribution < -0.4 is 4.90 Å². The highest BCUT2D eigenvalue weighted by atomic mass is 32.2. The Labute approximate surface area is 140 Å². The summed E-state index contributed by atoms with van der Waals surface area (Å²) in [5.74, 6) is -0.128. The van der Waals surface area contributed by atoms with Gasteiger partial charge in [-0.25, -0.2) is 0 Å². The van der Waals surface area contributed by atoms with Crippen LogP contribution in [0.15, 0.2) is 29.2 Å². The van der Waals surface area contributed by atoms with Crippen molar-refractivity contribution in [1.82, 2.24) is 4.90 Å².